The van der Waals surface area contributed by atoms with E-state index in [1.54, 1.807) is 29.2 Å². The summed E-state index contributed by atoms with van der Waals surface area (Å²) in [5.41, 5.74) is 4.49. The molecule has 1 aliphatic rings. The fourth-order valence-corrected chi connectivity index (χ4v) is 5.06. The number of carbonyl (C=O) groups excluding carboxylic acids is 2. The van der Waals surface area contributed by atoms with Gasteiger partial charge in [0, 0.05) is 35.3 Å². The molecular weight excluding hydrogens is 466 g/mol. The normalized spacial score (nSPS) is 12.5. The smallest absolute Gasteiger partial charge is 0.258 e. The minimum atomic E-state index is -0.241. The van der Waals surface area contributed by atoms with Gasteiger partial charge in [0.15, 0.2) is 0 Å². The van der Waals surface area contributed by atoms with E-state index in [1.165, 1.54) is 11.8 Å². The van der Waals surface area contributed by atoms with Gasteiger partial charge in [0.05, 0.1) is 27.6 Å². The number of anilines is 2. The Labute approximate surface area is 207 Å². The average Bonchev–Trinajstić information content (AvgIpc) is 3.28. The molecule has 0 unspecified atom stereocenters. The summed E-state index contributed by atoms with van der Waals surface area (Å²) in [6, 6.07) is 24.4. The van der Waals surface area contributed by atoms with Gasteiger partial charge in [-0.3, -0.25) is 9.59 Å². The molecule has 0 saturated heterocycles. The Morgan fingerprint density at radius 2 is 1.71 bits per heavy atom. The van der Waals surface area contributed by atoms with Crippen molar-refractivity contribution in [2.75, 3.05) is 23.0 Å². The van der Waals surface area contributed by atoms with Gasteiger partial charge in [0.1, 0.15) is 0 Å². The number of nitrogens with one attached hydrogen (secondary N) is 1. The third-order valence-electron chi connectivity index (χ3n) is 5.92. The van der Waals surface area contributed by atoms with Crippen molar-refractivity contribution >= 4 is 46.6 Å². The van der Waals surface area contributed by atoms with Crippen molar-refractivity contribution < 1.29 is 9.59 Å². The molecule has 0 bridgehead atoms. The first-order valence-electron chi connectivity index (χ1n) is 10.9. The van der Waals surface area contributed by atoms with Gasteiger partial charge in [0.2, 0.25) is 0 Å². The molecule has 34 heavy (non-hydrogen) atoms. The monoisotopic (exact) mass is 487 g/mol. The summed E-state index contributed by atoms with van der Waals surface area (Å²) in [5, 5.41) is 3.18. The number of carbonyl (C=O) groups is 2. The Morgan fingerprint density at radius 3 is 2.50 bits per heavy atom. The molecule has 0 atom stereocenters. The molecule has 170 valence electrons. The van der Waals surface area contributed by atoms with Crippen molar-refractivity contribution in [3.63, 3.8) is 0 Å². The summed E-state index contributed by atoms with van der Waals surface area (Å²) in [7, 11) is 0. The lowest BCUT2D eigenvalue weighted by Gasteiger charge is -2.23. The summed E-state index contributed by atoms with van der Waals surface area (Å²) in [6.45, 7) is 0.557. The molecule has 5 rings (SSSR count). The maximum absolute atomic E-state index is 13.5. The highest BCUT2D eigenvalue weighted by molar-refractivity contribution is 7.98. The third kappa shape index (κ3) is 4.11. The van der Waals surface area contributed by atoms with Gasteiger partial charge < -0.3 is 14.8 Å². The SMILES string of the molecule is CSc1ccccc1C(=O)Nc1ccc(C(=O)N2CCc3cccn3-c3ccccc32)cc1Cl. The van der Waals surface area contributed by atoms with Crippen LogP contribution in [0, 0.1) is 0 Å². The first kappa shape index (κ1) is 22.3. The van der Waals surface area contributed by atoms with Gasteiger partial charge >= 0.3 is 0 Å². The predicted octanol–water partition coefficient (Wildman–Crippen LogP) is 6.31. The van der Waals surface area contributed by atoms with Crippen molar-refractivity contribution in [3.8, 4) is 5.69 Å². The number of rotatable bonds is 4. The highest BCUT2D eigenvalue weighted by atomic mass is 35.5. The van der Waals surface area contributed by atoms with Crippen LogP contribution in [0.1, 0.15) is 26.4 Å². The molecule has 0 radical (unpaired) electrons. The van der Waals surface area contributed by atoms with Crippen LogP contribution in [0.5, 0.6) is 0 Å². The van der Waals surface area contributed by atoms with Crippen LogP contribution in [0.4, 0.5) is 11.4 Å². The van der Waals surface area contributed by atoms with Crippen LogP contribution in [0.3, 0.4) is 0 Å². The molecule has 1 N–H and O–H groups in total. The lowest BCUT2D eigenvalue weighted by molar-refractivity contribution is 0.0986. The number of aromatic nitrogens is 1. The Balaban J connectivity index is 1.41. The van der Waals surface area contributed by atoms with Crippen LogP contribution < -0.4 is 10.2 Å². The average molecular weight is 488 g/mol. The number of hydrogen-bond donors (Lipinski definition) is 1. The van der Waals surface area contributed by atoms with Gasteiger partial charge in [-0.05, 0) is 60.9 Å². The third-order valence-corrected chi connectivity index (χ3v) is 7.03. The molecule has 5 nitrogen and oxygen atoms in total. The second kappa shape index (κ2) is 9.41. The Morgan fingerprint density at radius 1 is 0.941 bits per heavy atom. The first-order chi connectivity index (χ1) is 16.6. The van der Waals surface area contributed by atoms with Crippen molar-refractivity contribution in [2.45, 2.75) is 11.3 Å². The van der Waals surface area contributed by atoms with E-state index in [-0.39, 0.29) is 11.8 Å². The molecule has 1 aliphatic heterocycles. The van der Waals surface area contributed by atoms with Gasteiger partial charge in [-0.2, -0.15) is 0 Å². The topological polar surface area (TPSA) is 54.3 Å². The van der Waals surface area contributed by atoms with Crippen molar-refractivity contribution in [3.05, 3.63) is 107 Å². The van der Waals surface area contributed by atoms with E-state index < -0.39 is 0 Å². The summed E-state index contributed by atoms with van der Waals surface area (Å²) in [6.07, 6.45) is 4.69. The Hall–Kier alpha value is -3.48. The number of benzene rings is 3. The molecular formula is C27H22ClN3O2S. The number of hydrogen-bond acceptors (Lipinski definition) is 3. The Bertz CT molecular complexity index is 1400. The minimum Gasteiger partial charge on any atom is -0.321 e. The molecule has 0 fully saturated rings. The second-order valence-electron chi connectivity index (χ2n) is 7.91. The molecule has 0 spiro atoms. The maximum atomic E-state index is 13.5. The quantitative estimate of drug-likeness (QED) is 0.343. The lowest BCUT2D eigenvalue weighted by atomic mass is 10.1. The highest BCUT2D eigenvalue weighted by Gasteiger charge is 2.25. The molecule has 0 saturated carbocycles. The van der Waals surface area contributed by atoms with Gasteiger partial charge in [-0.25, -0.2) is 0 Å². The molecule has 2 heterocycles. The zero-order chi connectivity index (χ0) is 23.7. The second-order valence-corrected chi connectivity index (χ2v) is 9.17. The molecule has 0 aliphatic carbocycles. The lowest BCUT2D eigenvalue weighted by Crippen LogP contribution is -2.32. The first-order valence-corrected chi connectivity index (χ1v) is 12.5. The van der Waals surface area contributed by atoms with E-state index in [9.17, 15) is 9.59 Å². The number of fused-ring (bicyclic) bond motifs is 3. The fraction of sp³-hybridized carbons (Fsp3) is 0.111. The van der Waals surface area contributed by atoms with Crippen LogP contribution in [-0.2, 0) is 6.42 Å². The van der Waals surface area contributed by atoms with E-state index in [4.69, 9.17) is 11.6 Å². The molecule has 7 heteroatoms. The van der Waals surface area contributed by atoms with Crippen LogP contribution in [-0.4, -0.2) is 29.2 Å². The van der Waals surface area contributed by atoms with E-state index in [1.807, 2.05) is 61.0 Å². The molecule has 2 amide bonds. The maximum Gasteiger partial charge on any atom is 0.258 e. The summed E-state index contributed by atoms with van der Waals surface area (Å²) < 4.78 is 2.13. The number of thioether (sulfide) groups is 1. The largest absolute Gasteiger partial charge is 0.321 e. The summed E-state index contributed by atoms with van der Waals surface area (Å²) in [4.78, 5) is 29.0. The standard InChI is InChI=1S/C27H22ClN3O2S/c1-34-25-11-5-2-8-20(25)26(32)29-22-13-12-18(17-21(22)28)27(33)31-16-14-19-7-6-15-30(19)23-9-3-4-10-24(23)31/h2-13,15,17H,14,16H2,1H3,(H,29,32). The number of para-hydroxylation sites is 2. The number of amides is 2. The van der Waals surface area contributed by atoms with Crippen molar-refractivity contribution in [2.24, 2.45) is 0 Å². The van der Waals surface area contributed by atoms with Crippen molar-refractivity contribution in [1.29, 1.82) is 0 Å². The zero-order valence-corrected chi connectivity index (χ0v) is 20.1. The minimum absolute atomic E-state index is 0.134. The summed E-state index contributed by atoms with van der Waals surface area (Å²) >= 11 is 8.02. The number of halogens is 1. The predicted molar refractivity (Wildman–Crippen MR) is 139 cm³/mol. The van der Waals surface area contributed by atoms with Crippen LogP contribution >= 0.6 is 23.4 Å². The van der Waals surface area contributed by atoms with E-state index in [2.05, 4.69) is 16.0 Å². The van der Waals surface area contributed by atoms with E-state index in [0.717, 1.165) is 28.4 Å². The summed E-state index contributed by atoms with van der Waals surface area (Å²) in [5.74, 6) is -0.375. The fourth-order valence-electron chi connectivity index (χ4n) is 4.24. The molecule has 3 aromatic carbocycles. The van der Waals surface area contributed by atoms with Crippen LogP contribution in [0.2, 0.25) is 5.02 Å². The van der Waals surface area contributed by atoms with Gasteiger partial charge in [0.25, 0.3) is 11.8 Å². The van der Waals surface area contributed by atoms with Crippen LogP contribution in [0.15, 0.2) is 90.0 Å². The van der Waals surface area contributed by atoms with Crippen molar-refractivity contribution in [1.82, 2.24) is 4.57 Å². The zero-order valence-electron chi connectivity index (χ0n) is 18.5. The Kier molecular flexibility index (Phi) is 6.18. The highest BCUT2D eigenvalue weighted by Crippen LogP contribution is 2.32. The van der Waals surface area contributed by atoms with Gasteiger partial charge in [-0.1, -0.05) is 35.9 Å². The van der Waals surface area contributed by atoms with Crippen LogP contribution in [0.25, 0.3) is 5.69 Å². The molecule has 1 aromatic heterocycles. The van der Waals surface area contributed by atoms with E-state index in [0.29, 0.717) is 28.4 Å². The molecule has 4 aromatic rings. The van der Waals surface area contributed by atoms with E-state index >= 15 is 0 Å². The van der Waals surface area contributed by atoms with Gasteiger partial charge in [-0.15, -0.1) is 11.8 Å². The number of nitrogens with zero attached hydrogens (tertiary/aromatic N) is 2.